The first-order chi connectivity index (χ1) is 7.38. The van der Waals surface area contributed by atoms with Crippen molar-refractivity contribution >= 4 is 0 Å². The average molecular weight is 207 g/mol. The number of hydrogen-bond acceptors (Lipinski definition) is 3. The molecule has 1 atom stereocenters. The normalized spacial score (nSPS) is 21.0. The molecule has 15 heavy (non-hydrogen) atoms. The number of benzene rings is 1. The maximum absolute atomic E-state index is 5.86. The molecule has 1 aliphatic rings. The van der Waals surface area contributed by atoms with Crippen molar-refractivity contribution < 1.29 is 9.47 Å². The van der Waals surface area contributed by atoms with Crippen LogP contribution in [0.5, 0.6) is 11.5 Å². The van der Waals surface area contributed by atoms with E-state index in [1.807, 2.05) is 24.3 Å². The molecule has 0 radical (unpaired) electrons. The van der Waals surface area contributed by atoms with Crippen LogP contribution in [0, 0.1) is 0 Å². The molecule has 3 nitrogen and oxygen atoms in total. The van der Waals surface area contributed by atoms with Crippen LogP contribution < -0.4 is 14.8 Å². The summed E-state index contributed by atoms with van der Waals surface area (Å²) in [6.45, 7) is 2.05. The van der Waals surface area contributed by atoms with Crippen molar-refractivity contribution in [3.63, 3.8) is 0 Å². The Bertz CT molecular complexity index is 308. The summed E-state index contributed by atoms with van der Waals surface area (Å²) in [5, 5.41) is 3.33. The van der Waals surface area contributed by atoms with Gasteiger partial charge in [0.1, 0.15) is 17.6 Å². The van der Waals surface area contributed by atoms with Crippen LogP contribution >= 0.6 is 0 Å². The third-order valence-electron chi connectivity index (χ3n) is 2.60. The van der Waals surface area contributed by atoms with Crippen LogP contribution in [-0.4, -0.2) is 26.3 Å². The van der Waals surface area contributed by atoms with E-state index in [0.29, 0.717) is 6.10 Å². The Labute approximate surface area is 90.4 Å². The quantitative estimate of drug-likeness (QED) is 0.820. The summed E-state index contributed by atoms with van der Waals surface area (Å²) in [4.78, 5) is 0. The van der Waals surface area contributed by atoms with Gasteiger partial charge in [0.25, 0.3) is 0 Å². The van der Waals surface area contributed by atoms with Crippen LogP contribution in [0.15, 0.2) is 24.3 Å². The number of nitrogens with one attached hydrogen (secondary N) is 1. The van der Waals surface area contributed by atoms with E-state index < -0.39 is 0 Å². The Balaban J connectivity index is 1.96. The zero-order valence-corrected chi connectivity index (χ0v) is 9.03. The van der Waals surface area contributed by atoms with Gasteiger partial charge in [0.05, 0.1) is 7.11 Å². The van der Waals surface area contributed by atoms with Gasteiger partial charge in [0, 0.05) is 12.6 Å². The van der Waals surface area contributed by atoms with E-state index in [-0.39, 0.29) is 0 Å². The fraction of sp³-hybridized carbons (Fsp3) is 0.500. The molecule has 1 aromatic carbocycles. The van der Waals surface area contributed by atoms with Crippen molar-refractivity contribution in [1.82, 2.24) is 5.32 Å². The van der Waals surface area contributed by atoms with E-state index in [1.54, 1.807) is 7.11 Å². The lowest BCUT2D eigenvalue weighted by Crippen LogP contribution is -2.37. The molecule has 0 amide bonds. The van der Waals surface area contributed by atoms with Crippen molar-refractivity contribution in [3.05, 3.63) is 24.3 Å². The largest absolute Gasteiger partial charge is 0.497 e. The smallest absolute Gasteiger partial charge is 0.123 e. The van der Waals surface area contributed by atoms with E-state index >= 15 is 0 Å². The second-order valence-corrected chi connectivity index (χ2v) is 3.77. The van der Waals surface area contributed by atoms with E-state index in [4.69, 9.17) is 9.47 Å². The van der Waals surface area contributed by atoms with Crippen LogP contribution in [0.4, 0.5) is 0 Å². The lowest BCUT2D eigenvalue weighted by Gasteiger charge is -2.24. The third kappa shape index (κ3) is 2.86. The summed E-state index contributed by atoms with van der Waals surface area (Å²) >= 11 is 0. The predicted octanol–water partition coefficient (Wildman–Crippen LogP) is 1.83. The second kappa shape index (κ2) is 5.03. The van der Waals surface area contributed by atoms with E-state index in [1.165, 1.54) is 6.42 Å². The van der Waals surface area contributed by atoms with Crippen LogP contribution in [0.2, 0.25) is 0 Å². The number of methoxy groups -OCH3 is 1. The van der Waals surface area contributed by atoms with Crippen LogP contribution in [0.1, 0.15) is 12.8 Å². The number of rotatable bonds is 3. The van der Waals surface area contributed by atoms with Gasteiger partial charge in [-0.25, -0.2) is 0 Å². The fourth-order valence-corrected chi connectivity index (χ4v) is 1.79. The van der Waals surface area contributed by atoms with E-state index in [0.717, 1.165) is 31.0 Å². The Morgan fingerprint density at radius 3 is 2.93 bits per heavy atom. The van der Waals surface area contributed by atoms with E-state index in [9.17, 15) is 0 Å². The molecule has 0 aliphatic carbocycles. The van der Waals surface area contributed by atoms with Gasteiger partial charge in [-0.1, -0.05) is 6.07 Å². The molecule has 3 heteroatoms. The molecule has 82 valence electrons. The highest BCUT2D eigenvalue weighted by molar-refractivity contribution is 5.32. The topological polar surface area (TPSA) is 30.5 Å². The minimum Gasteiger partial charge on any atom is -0.497 e. The highest BCUT2D eigenvalue weighted by atomic mass is 16.5. The first-order valence-corrected chi connectivity index (χ1v) is 5.40. The summed E-state index contributed by atoms with van der Waals surface area (Å²) in [6, 6.07) is 7.77. The molecule has 0 bridgehead atoms. The molecule has 2 rings (SSSR count). The minimum absolute atomic E-state index is 0.297. The molecule has 1 unspecified atom stereocenters. The van der Waals surface area contributed by atoms with Gasteiger partial charge in [-0.3, -0.25) is 0 Å². The maximum atomic E-state index is 5.86. The van der Waals surface area contributed by atoms with Crippen molar-refractivity contribution in [2.75, 3.05) is 20.2 Å². The molecule has 1 aromatic rings. The molecule has 0 saturated carbocycles. The molecule has 0 aromatic heterocycles. The monoisotopic (exact) mass is 207 g/mol. The summed E-state index contributed by atoms with van der Waals surface area (Å²) in [7, 11) is 1.67. The lowest BCUT2D eigenvalue weighted by atomic mass is 10.1. The molecule has 1 aliphatic heterocycles. The molecule has 1 fully saturated rings. The van der Waals surface area contributed by atoms with Crippen LogP contribution in [-0.2, 0) is 0 Å². The molecule has 0 spiro atoms. The Kier molecular flexibility index (Phi) is 3.45. The molecule has 1 saturated heterocycles. The maximum Gasteiger partial charge on any atom is 0.123 e. The van der Waals surface area contributed by atoms with Gasteiger partial charge in [0.2, 0.25) is 0 Å². The molecular weight excluding hydrogens is 190 g/mol. The summed E-state index contributed by atoms with van der Waals surface area (Å²) in [6.07, 6.45) is 2.62. The van der Waals surface area contributed by atoms with Gasteiger partial charge >= 0.3 is 0 Å². The number of piperidine rings is 1. The third-order valence-corrected chi connectivity index (χ3v) is 2.60. The minimum atomic E-state index is 0.297. The Hall–Kier alpha value is -1.22. The summed E-state index contributed by atoms with van der Waals surface area (Å²) in [5.74, 6) is 1.74. The SMILES string of the molecule is COc1cccc(OC2CCCNC2)c1. The number of hydrogen-bond donors (Lipinski definition) is 1. The zero-order chi connectivity index (χ0) is 10.5. The lowest BCUT2D eigenvalue weighted by molar-refractivity contribution is 0.166. The Morgan fingerprint density at radius 2 is 2.20 bits per heavy atom. The Morgan fingerprint density at radius 1 is 1.33 bits per heavy atom. The summed E-state index contributed by atoms with van der Waals surface area (Å²) in [5.41, 5.74) is 0. The van der Waals surface area contributed by atoms with Crippen LogP contribution in [0.3, 0.4) is 0 Å². The first-order valence-electron chi connectivity index (χ1n) is 5.40. The van der Waals surface area contributed by atoms with Crippen molar-refractivity contribution in [2.24, 2.45) is 0 Å². The fourth-order valence-electron chi connectivity index (χ4n) is 1.79. The van der Waals surface area contributed by atoms with Gasteiger partial charge in [-0.2, -0.15) is 0 Å². The zero-order valence-electron chi connectivity index (χ0n) is 9.03. The predicted molar refractivity (Wildman–Crippen MR) is 59.5 cm³/mol. The number of ether oxygens (including phenoxy) is 2. The standard InChI is InChI=1S/C12H17NO2/c1-14-10-4-2-5-11(8-10)15-12-6-3-7-13-9-12/h2,4-5,8,12-13H,3,6-7,9H2,1H3. The molecule has 1 heterocycles. The van der Waals surface area contributed by atoms with Crippen LogP contribution in [0.25, 0.3) is 0 Å². The highest BCUT2D eigenvalue weighted by Crippen LogP contribution is 2.21. The average Bonchev–Trinajstić information content (AvgIpc) is 2.31. The van der Waals surface area contributed by atoms with Gasteiger partial charge in [-0.05, 0) is 31.5 Å². The molecular formula is C12H17NO2. The van der Waals surface area contributed by atoms with Crippen molar-refractivity contribution in [1.29, 1.82) is 0 Å². The van der Waals surface area contributed by atoms with E-state index in [2.05, 4.69) is 5.32 Å². The first kappa shape index (κ1) is 10.3. The van der Waals surface area contributed by atoms with Gasteiger partial charge in [0.15, 0.2) is 0 Å². The van der Waals surface area contributed by atoms with Crippen molar-refractivity contribution in [2.45, 2.75) is 18.9 Å². The van der Waals surface area contributed by atoms with Gasteiger partial charge < -0.3 is 14.8 Å². The summed E-state index contributed by atoms with van der Waals surface area (Å²) < 4.78 is 11.0. The highest BCUT2D eigenvalue weighted by Gasteiger charge is 2.14. The second-order valence-electron chi connectivity index (χ2n) is 3.77. The van der Waals surface area contributed by atoms with Crippen molar-refractivity contribution in [3.8, 4) is 11.5 Å². The molecule has 1 N–H and O–H groups in total. The van der Waals surface area contributed by atoms with Gasteiger partial charge in [-0.15, -0.1) is 0 Å².